The standard InChI is InChI=1S/C28H38N2O3/c1-21(2)19-30(26(31)22-9-6-5-7-10-22)24-13-14-28(32)20-29(3)16-15-27(28,18-24)23-11-8-12-25(17-23)33-4/h5-12,17,21,24,32H,13-16,18-20H2,1-4H3. The Labute approximate surface area is 198 Å². The van der Waals surface area contributed by atoms with Crippen molar-refractivity contribution in [2.24, 2.45) is 5.92 Å². The number of carbonyl (C=O) groups is 1. The molecule has 3 unspecified atom stereocenters. The second-order valence-electron chi connectivity index (χ2n) is 10.4. The van der Waals surface area contributed by atoms with Gasteiger partial charge in [-0.25, -0.2) is 0 Å². The van der Waals surface area contributed by atoms with E-state index in [1.807, 2.05) is 42.5 Å². The summed E-state index contributed by atoms with van der Waals surface area (Å²) in [7, 11) is 3.77. The van der Waals surface area contributed by atoms with E-state index in [9.17, 15) is 9.90 Å². The van der Waals surface area contributed by atoms with Crippen molar-refractivity contribution in [3.63, 3.8) is 0 Å². The quantitative estimate of drug-likeness (QED) is 0.711. The molecule has 1 amide bonds. The van der Waals surface area contributed by atoms with Crippen LogP contribution in [0.2, 0.25) is 0 Å². The molecule has 1 aliphatic heterocycles. The van der Waals surface area contributed by atoms with Crippen LogP contribution >= 0.6 is 0 Å². The average Bonchev–Trinajstić information content (AvgIpc) is 2.82. The lowest BCUT2D eigenvalue weighted by Gasteiger charge is -2.59. The molecular weight excluding hydrogens is 412 g/mol. The van der Waals surface area contributed by atoms with E-state index in [0.717, 1.165) is 42.7 Å². The molecular formula is C28H38N2O3. The van der Waals surface area contributed by atoms with E-state index in [2.05, 4.69) is 42.8 Å². The van der Waals surface area contributed by atoms with Crippen molar-refractivity contribution >= 4 is 5.91 Å². The summed E-state index contributed by atoms with van der Waals surface area (Å²) < 4.78 is 5.54. The Morgan fingerprint density at radius 3 is 2.64 bits per heavy atom. The first-order valence-corrected chi connectivity index (χ1v) is 12.2. The number of amides is 1. The predicted octanol–water partition coefficient (Wildman–Crippen LogP) is 4.35. The number of nitrogens with zero attached hydrogens (tertiary/aromatic N) is 2. The second-order valence-corrected chi connectivity index (χ2v) is 10.4. The van der Waals surface area contributed by atoms with Crippen LogP contribution in [0.4, 0.5) is 0 Å². The highest BCUT2D eigenvalue weighted by molar-refractivity contribution is 5.94. The number of aliphatic hydroxyl groups is 1. The number of likely N-dealkylation sites (tertiary alicyclic amines) is 1. The van der Waals surface area contributed by atoms with Crippen molar-refractivity contribution in [3.8, 4) is 5.75 Å². The molecule has 2 aromatic carbocycles. The van der Waals surface area contributed by atoms with Gasteiger partial charge in [-0.15, -0.1) is 0 Å². The van der Waals surface area contributed by atoms with Crippen molar-refractivity contribution < 1.29 is 14.6 Å². The third kappa shape index (κ3) is 4.53. The van der Waals surface area contributed by atoms with Gasteiger partial charge in [-0.1, -0.05) is 44.2 Å². The van der Waals surface area contributed by atoms with E-state index in [0.29, 0.717) is 25.4 Å². The lowest BCUT2D eigenvalue weighted by molar-refractivity contribution is -0.129. The monoisotopic (exact) mass is 450 g/mol. The normalized spacial score (nSPS) is 27.8. The zero-order valence-electron chi connectivity index (χ0n) is 20.5. The zero-order chi connectivity index (χ0) is 23.6. The first-order chi connectivity index (χ1) is 15.8. The van der Waals surface area contributed by atoms with Crippen molar-refractivity contribution in [1.29, 1.82) is 0 Å². The van der Waals surface area contributed by atoms with Crippen LogP contribution in [0.25, 0.3) is 0 Å². The van der Waals surface area contributed by atoms with Gasteiger partial charge in [-0.3, -0.25) is 4.79 Å². The van der Waals surface area contributed by atoms with Gasteiger partial charge >= 0.3 is 0 Å². The minimum absolute atomic E-state index is 0.0787. The van der Waals surface area contributed by atoms with Crippen molar-refractivity contribution in [1.82, 2.24) is 9.80 Å². The SMILES string of the molecule is COc1cccc(C23CCN(C)CC2(O)CCC(N(CC(C)C)C(=O)c2ccccc2)C3)c1. The Morgan fingerprint density at radius 2 is 1.94 bits per heavy atom. The number of benzene rings is 2. The summed E-state index contributed by atoms with van der Waals surface area (Å²) in [4.78, 5) is 18.0. The highest BCUT2D eigenvalue weighted by atomic mass is 16.5. The Morgan fingerprint density at radius 1 is 1.18 bits per heavy atom. The Hall–Kier alpha value is -2.37. The number of β-amino-alcohol motifs (C(OH)–C–C–N with tert-alkyl or cyclic N) is 1. The molecule has 2 aromatic rings. The summed E-state index contributed by atoms with van der Waals surface area (Å²) in [5.41, 5.74) is 0.613. The van der Waals surface area contributed by atoms with Gasteiger partial charge in [0, 0.05) is 30.1 Å². The molecule has 33 heavy (non-hydrogen) atoms. The van der Waals surface area contributed by atoms with Gasteiger partial charge in [-0.05, 0) is 75.0 Å². The molecule has 0 bridgehead atoms. The van der Waals surface area contributed by atoms with E-state index in [4.69, 9.17) is 4.74 Å². The second kappa shape index (κ2) is 9.47. The number of piperidine rings is 1. The van der Waals surface area contributed by atoms with E-state index >= 15 is 0 Å². The third-order valence-corrected chi connectivity index (χ3v) is 7.72. The summed E-state index contributed by atoms with van der Waals surface area (Å²) in [6.07, 6.45) is 3.10. The molecule has 1 saturated heterocycles. The van der Waals surface area contributed by atoms with Crippen molar-refractivity contribution in [3.05, 3.63) is 65.7 Å². The molecule has 2 aliphatic rings. The lowest BCUT2D eigenvalue weighted by Crippen LogP contribution is -2.67. The number of likely N-dealkylation sites (N-methyl/N-ethyl adjacent to an activating group) is 1. The molecule has 178 valence electrons. The number of methoxy groups -OCH3 is 1. The molecule has 0 aromatic heterocycles. The highest BCUT2D eigenvalue weighted by Crippen LogP contribution is 2.53. The smallest absolute Gasteiger partial charge is 0.254 e. The first kappa shape index (κ1) is 23.8. The largest absolute Gasteiger partial charge is 0.497 e. The van der Waals surface area contributed by atoms with Crippen LogP contribution in [0.5, 0.6) is 5.75 Å². The molecule has 2 fully saturated rings. The van der Waals surface area contributed by atoms with Crippen LogP contribution in [0, 0.1) is 5.92 Å². The van der Waals surface area contributed by atoms with Gasteiger partial charge in [0.1, 0.15) is 5.75 Å². The molecule has 3 atom stereocenters. The molecule has 1 N–H and O–H groups in total. The van der Waals surface area contributed by atoms with Gasteiger partial charge in [0.2, 0.25) is 0 Å². The van der Waals surface area contributed by atoms with Gasteiger partial charge < -0.3 is 19.6 Å². The predicted molar refractivity (Wildman–Crippen MR) is 132 cm³/mol. The summed E-state index contributed by atoms with van der Waals surface area (Å²) in [6.45, 7) is 6.61. The summed E-state index contributed by atoms with van der Waals surface area (Å²) >= 11 is 0. The minimum Gasteiger partial charge on any atom is -0.497 e. The van der Waals surface area contributed by atoms with Gasteiger partial charge in [-0.2, -0.15) is 0 Å². The molecule has 5 nitrogen and oxygen atoms in total. The third-order valence-electron chi connectivity index (χ3n) is 7.72. The number of rotatable bonds is 6. The topological polar surface area (TPSA) is 53.0 Å². The molecule has 1 saturated carbocycles. The summed E-state index contributed by atoms with van der Waals surface area (Å²) in [5, 5.41) is 12.1. The van der Waals surface area contributed by atoms with Crippen molar-refractivity contribution in [2.45, 2.75) is 56.6 Å². The van der Waals surface area contributed by atoms with Crippen LogP contribution in [0.3, 0.4) is 0 Å². The van der Waals surface area contributed by atoms with Crippen LogP contribution in [0.1, 0.15) is 55.5 Å². The molecule has 4 rings (SSSR count). The molecule has 1 heterocycles. The Kier molecular flexibility index (Phi) is 6.83. The number of hydrogen-bond acceptors (Lipinski definition) is 4. The number of fused-ring (bicyclic) bond motifs is 1. The maximum absolute atomic E-state index is 13.6. The maximum atomic E-state index is 13.6. The van der Waals surface area contributed by atoms with E-state index < -0.39 is 11.0 Å². The van der Waals surface area contributed by atoms with Crippen LogP contribution in [-0.4, -0.2) is 66.2 Å². The van der Waals surface area contributed by atoms with E-state index in [1.165, 1.54) is 0 Å². The maximum Gasteiger partial charge on any atom is 0.254 e. The van der Waals surface area contributed by atoms with E-state index in [-0.39, 0.29) is 11.9 Å². The fourth-order valence-corrected chi connectivity index (χ4v) is 6.07. The fourth-order valence-electron chi connectivity index (χ4n) is 6.07. The summed E-state index contributed by atoms with van der Waals surface area (Å²) in [5.74, 6) is 1.27. The Bertz CT molecular complexity index is 963. The van der Waals surface area contributed by atoms with Gasteiger partial charge in [0.15, 0.2) is 0 Å². The fraction of sp³-hybridized carbons (Fsp3) is 0.536. The zero-order valence-corrected chi connectivity index (χ0v) is 20.5. The number of hydrogen-bond donors (Lipinski definition) is 1. The van der Waals surface area contributed by atoms with E-state index in [1.54, 1.807) is 7.11 Å². The van der Waals surface area contributed by atoms with Crippen LogP contribution in [-0.2, 0) is 5.41 Å². The molecule has 5 heteroatoms. The minimum atomic E-state index is -0.831. The summed E-state index contributed by atoms with van der Waals surface area (Å²) in [6, 6.07) is 17.9. The molecule has 0 spiro atoms. The van der Waals surface area contributed by atoms with Gasteiger partial charge in [0.05, 0.1) is 12.7 Å². The van der Waals surface area contributed by atoms with Crippen LogP contribution < -0.4 is 4.74 Å². The number of carbonyl (C=O) groups excluding carboxylic acids is 1. The van der Waals surface area contributed by atoms with Crippen molar-refractivity contribution in [2.75, 3.05) is 33.8 Å². The number of ether oxygens (including phenoxy) is 1. The Balaban J connectivity index is 1.74. The van der Waals surface area contributed by atoms with Crippen LogP contribution in [0.15, 0.2) is 54.6 Å². The molecule has 0 radical (unpaired) electrons. The highest BCUT2D eigenvalue weighted by Gasteiger charge is 2.58. The first-order valence-electron chi connectivity index (χ1n) is 12.2. The molecule has 1 aliphatic carbocycles. The lowest BCUT2D eigenvalue weighted by atomic mass is 9.55. The average molecular weight is 451 g/mol. The van der Waals surface area contributed by atoms with Gasteiger partial charge in [0.25, 0.3) is 5.91 Å².